The number of carbonyl (C=O) groups is 3. The van der Waals surface area contributed by atoms with Crippen LogP contribution in [-0.4, -0.2) is 30.2 Å². The molecule has 0 saturated heterocycles. The molecule has 2 amide bonds. The van der Waals surface area contributed by atoms with Crippen molar-refractivity contribution in [3.8, 4) is 6.07 Å². The maximum absolute atomic E-state index is 13.2. The van der Waals surface area contributed by atoms with Crippen LogP contribution in [0.15, 0.2) is 23.3 Å². The van der Waals surface area contributed by atoms with Gasteiger partial charge in [0.2, 0.25) is 0 Å². The van der Waals surface area contributed by atoms with Gasteiger partial charge >= 0.3 is 6.03 Å². The third kappa shape index (κ3) is 5.30. The maximum Gasteiger partial charge on any atom is 0.314 e. The van der Waals surface area contributed by atoms with Crippen molar-refractivity contribution in [3.63, 3.8) is 0 Å². The van der Waals surface area contributed by atoms with Gasteiger partial charge in [-0.3, -0.25) is 9.59 Å². The van der Waals surface area contributed by atoms with Gasteiger partial charge < -0.3 is 10.6 Å². The predicted molar refractivity (Wildman–Crippen MR) is 160 cm³/mol. The Bertz CT molecular complexity index is 1170. The van der Waals surface area contributed by atoms with Crippen molar-refractivity contribution in [2.24, 2.45) is 38.9 Å². The van der Waals surface area contributed by atoms with Crippen molar-refractivity contribution in [2.45, 2.75) is 120 Å². The van der Waals surface area contributed by atoms with Gasteiger partial charge in [-0.15, -0.1) is 0 Å². The normalized spacial score (nSPS) is 36.2. The van der Waals surface area contributed by atoms with Crippen LogP contribution in [0.3, 0.4) is 0 Å². The van der Waals surface area contributed by atoms with Crippen LogP contribution in [0.5, 0.6) is 0 Å². The Morgan fingerprint density at radius 1 is 1.12 bits per heavy atom. The summed E-state index contributed by atoms with van der Waals surface area (Å²) in [5, 5.41) is 16.1. The van der Waals surface area contributed by atoms with Crippen molar-refractivity contribution in [1.29, 1.82) is 5.26 Å². The molecule has 3 aliphatic rings. The highest BCUT2D eigenvalue weighted by Crippen LogP contribution is 2.67. The van der Waals surface area contributed by atoms with Crippen molar-refractivity contribution in [3.05, 3.63) is 23.3 Å². The first-order chi connectivity index (χ1) is 18.2. The Labute approximate surface area is 242 Å². The van der Waals surface area contributed by atoms with E-state index in [1.807, 2.05) is 19.9 Å². The second-order valence-corrected chi connectivity index (χ2v) is 15.6. The minimum atomic E-state index is -0.693. The third-order valence-corrected chi connectivity index (χ3v) is 11.8. The minimum absolute atomic E-state index is 0.000863. The van der Waals surface area contributed by atoms with Gasteiger partial charge in [-0.05, 0) is 86.0 Å². The number of allylic oxidation sites excluding steroid dienone is 4. The van der Waals surface area contributed by atoms with E-state index in [-0.39, 0.29) is 50.9 Å². The molecule has 3 rings (SSSR count). The Morgan fingerprint density at radius 3 is 2.27 bits per heavy atom. The average Bonchev–Trinajstić information content (AvgIpc) is 2.84. The van der Waals surface area contributed by atoms with E-state index in [2.05, 4.69) is 65.2 Å². The quantitative estimate of drug-likeness (QED) is 0.338. The minimum Gasteiger partial charge on any atom is -0.341 e. The summed E-state index contributed by atoms with van der Waals surface area (Å²) in [6, 6.07) is 2.03. The first-order valence-corrected chi connectivity index (χ1v) is 15.1. The van der Waals surface area contributed by atoms with Crippen LogP contribution in [-0.2, 0) is 9.59 Å². The Morgan fingerprint density at radius 2 is 1.75 bits per heavy atom. The van der Waals surface area contributed by atoms with Gasteiger partial charge in [-0.2, -0.15) is 5.26 Å². The van der Waals surface area contributed by atoms with Crippen LogP contribution in [0.25, 0.3) is 0 Å². The van der Waals surface area contributed by atoms with E-state index in [0.29, 0.717) is 5.92 Å². The molecular weight excluding hydrogens is 498 g/mol. The molecule has 40 heavy (non-hydrogen) atoms. The molecule has 2 fully saturated rings. The van der Waals surface area contributed by atoms with Gasteiger partial charge in [0.15, 0.2) is 11.6 Å². The number of ketones is 2. The molecule has 0 bridgehead atoms. The lowest BCUT2D eigenvalue weighted by atomic mass is 9.42. The number of rotatable bonds is 6. The van der Waals surface area contributed by atoms with E-state index >= 15 is 0 Å². The van der Waals surface area contributed by atoms with Crippen molar-refractivity contribution in [1.82, 2.24) is 10.6 Å². The van der Waals surface area contributed by atoms with E-state index in [9.17, 15) is 19.6 Å². The number of nitriles is 1. The molecule has 1 unspecified atom stereocenters. The fourth-order valence-electron chi connectivity index (χ4n) is 8.77. The van der Waals surface area contributed by atoms with E-state index < -0.39 is 10.8 Å². The van der Waals surface area contributed by atoms with Gasteiger partial charge in [0.1, 0.15) is 6.07 Å². The second kappa shape index (κ2) is 10.4. The maximum atomic E-state index is 13.2. The molecule has 0 heterocycles. The highest BCUT2D eigenvalue weighted by atomic mass is 16.2. The lowest BCUT2D eigenvalue weighted by molar-refractivity contribution is -0.131. The van der Waals surface area contributed by atoms with Gasteiger partial charge in [0.05, 0.1) is 5.57 Å². The molecule has 2 N–H and O–H groups in total. The summed E-state index contributed by atoms with van der Waals surface area (Å²) in [4.78, 5) is 38.7. The van der Waals surface area contributed by atoms with Crippen LogP contribution >= 0.6 is 0 Å². The van der Waals surface area contributed by atoms with E-state index in [1.54, 1.807) is 20.0 Å². The van der Waals surface area contributed by atoms with Crippen LogP contribution in [0.2, 0.25) is 0 Å². The molecule has 2 saturated carbocycles. The summed E-state index contributed by atoms with van der Waals surface area (Å²) in [6.45, 7) is 21.4. The number of Topliss-reactive ketones (excluding diaryl/α,β-unsaturated/α-hetero) is 1. The summed E-state index contributed by atoms with van der Waals surface area (Å²) in [5.74, 6) is 0.213. The second-order valence-electron chi connectivity index (χ2n) is 15.6. The van der Waals surface area contributed by atoms with Gasteiger partial charge in [0, 0.05) is 23.4 Å². The lowest BCUT2D eigenvalue weighted by Gasteiger charge is -2.61. The molecule has 0 aromatic heterocycles. The number of urea groups is 1. The molecule has 6 heteroatoms. The first-order valence-electron chi connectivity index (χ1n) is 15.1. The number of nitrogens with one attached hydrogen (secondary N) is 2. The van der Waals surface area contributed by atoms with E-state index in [4.69, 9.17) is 0 Å². The van der Waals surface area contributed by atoms with Crippen LogP contribution < -0.4 is 10.6 Å². The van der Waals surface area contributed by atoms with E-state index in [1.165, 1.54) is 0 Å². The van der Waals surface area contributed by atoms with Gasteiger partial charge in [0.25, 0.3) is 0 Å². The number of hydrogen-bond acceptors (Lipinski definition) is 4. The zero-order valence-electron chi connectivity index (χ0n) is 26.9. The Kier molecular flexibility index (Phi) is 8.38. The largest absolute Gasteiger partial charge is 0.341 e. The molecule has 5 atom stereocenters. The Balaban J connectivity index is 2.07. The first kappa shape index (κ1) is 32.1. The van der Waals surface area contributed by atoms with Crippen LogP contribution in [0, 0.1) is 50.2 Å². The molecular formula is C34H53N3O3. The molecule has 0 spiro atoms. The smallest absolute Gasteiger partial charge is 0.314 e. The summed E-state index contributed by atoms with van der Waals surface area (Å²) in [6.07, 6.45) is 10.1. The van der Waals surface area contributed by atoms with Crippen molar-refractivity contribution < 1.29 is 14.4 Å². The molecule has 0 aliphatic heterocycles. The summed E-state index contributed by atoms with van der Waals surface area (Å²) in [5.41, 5.74) is -0.667. The fraction of sp³-hybridized carbons (Fsp3) is 0.765. The topological polar surface area (TPSA) is 99.1 Å². The van der Waals surface area contributed by atoms with Crippen molar-refractivity contribution >= 4 is 17.6 Å². The zero-order valence-corrected chi connectivity index (χ0v) is 26.9. The summed E-state index contributed by atoms with van der Waals surface area (Å²) >= 11 is 0. The number of amides is 2. The molecule has 0 aromatic rings. The number of hydrogen-bond donors (Lipinski definition) is 2. The van der Waals surface area contributed by atoms with Crippen molar-refractivity contribution in [2.75, 3.05) is 7.05 Å². The molecule has 6 nitrogen and oxygen atoms in total. The summed E-state index contributed by atoms with van der Waals surface area (Å²) in [7, 11) is 1.67. The number of fused-ring (bicyclic) bond motifs is 1. The number of nitrogens with zero attached hydrogens (tertiary/aromatic N) is 1. The van der Waals surface area contributed by atoms with Gasteiger partial charge in [-0.1, -0.05) is 74.0 Å². The van der Waals surface area contributed by atoms with Gasteiger partial charge in [-0.25, -0.2) is 4.79 Å². The predicted octanol–water partition coefficient (Wildman–Crippen LogP) is 7.30. The average molecular weight is 552 g/mol. The summed E-state index contributed by atoms with van der Waals surface area (Å²) < 4.78 is 0. The van der Waals surface area contributed by atoms with Crippen LogP contribution in [0.4, 0.5) is 4.79 Å². The molecule has 0 aromatic carbocycles. The number of carbonyl (C=O) groups excluding carboxylic acids is 3. The highest BCUT2D eigenvalue weighted by Gasteiger charge is 2.61. The van der Waals surface area contributed by atoms with Crippen LogP contribution in [0.1, 0.15) is 114 Å². The molecule has 222 valence electrons. The third-order valence-electron chi connectivity index (χ3n) is 11.8. The zero-order chi connectivity index (χ0) is 30.5. The highest BCUT2D eigenvalue weighted by molar-refractivity contribution is 6.04. The monoisotopic (exact) mass is 551 g/mol. The Hall–Kier alpha value is -2.42. The standard InChI is InChI=1S/C34H53N3O3/c1-22-19-29(3,4)14-16-34(22,37-28(40)36-11)17-15-30(5,6)33(10)13-12-25-31(7,8)27(39)24(21-35)20-32(25,9)26(33)18-23(2)38/h18,20,22,25H,12-17,19H2,1-11H3,(H2,36,37,40)/b26-18-/t22?,25-,32-,33+,34-/m0/s1. The lowest BCUT2D eigenvalue weighted by Crippen LogP contribution is -2.59. The molecule has 0 radical (unpaired) electrons. The fourth-order valence-corrected chi connectivity index (χ4v) is 8.77. The van der Waals surface area contributed by atoms with E-state index in [0.717, 1.165) is 50.5 Å². The SMILES string of the molecule is CNC(=O)N[C@]1(CCC(C)(C)[C@]2(C)CC[C@H]3C(C)(C)C(=O)C(C#N)=C[C@]3(C)/C2=C/C(C)=O)CCC(C)(C)CC1C. The molecule has 3 aliphatic carbocycles.